The number of amides is 2. The number of esters is 1. The smallest absolute Gasteiger partial charge is 0.389 e. The summed E-state index contributed by atoms with van der Waals surface area (Å²) in [5, 5.41) is 2.11. The topological polar surface area (TPSA) is 186 Å². The van der Waals surface area contributed by atoms with Crippen LogP contribution < -0.4 is 25.1 Å². The van der Waals surface area contributed by atoms with Crippen molar-refractivity contribution in [1.29, 1.82) is 0 Å². The normalized spacial score (nSPS) is 13.1. The first-order chi connectivity index (χ1) is 26.7. The van der Waals surface area contributed by atoms with E-state index in [4.69, 9.17) is 14.2 Å². The molecule has 2 amide bonds. The highest BCUT2D eigenvalue weighted by Crippen LogP contribution is 2.36. The van der Waals surface area contributed by atoms with Gasteiger partial charge in [0.2, 0.25) is 11.8 Å². The van der Waals surface area contributed by atoms with Crippen molar-refractivity contribution >= 4 is 28.0 Å². The number of ether oxygens (including phenoxy) is 3. The third-order valence-electron chi connectivity index (χ3n) is 8.64. The predicted octanol–water partition coefficient (Wildman–Crippen LogP) is 5.93. The fraction of sp³-hybridized carbons (Fsp3) is 0.474. The van der Waals surface area contributed by atoms with Gasteiger partial charge in [-0.15, -0.1) is 0 Å². The predicted molar refractivity (Wildman–Crippen MR) is 205 cm³/mol. The van der Waals surface area contributed by atoms with Gasteiger partial charge in [0.1, 0.15) is 11.4 Å². The van der Waals surface area contributed by atoms with E-state index in [0.717, 1.165) is 35.6 Å². The molecule has 0 unspecified atom stereocenters. The minimum absolute atomic E-state index is 0.0715. The standard InChI is InChI=1S/C23H32N2O4.C15H16F3N5O4S/c1-7-16-13-15(3)14-17(8-2)18(16)19-20(26)24-9-11-28-12-10-25(24)21(19)29-22(27)23(4,5)6;1-9-19-12(22-14(20-9)27-2)21-13(24)23-28(25,26)11-6-4-3-5-10(11)7-8-15(16,17)18/h13-14H,7-12H2,1-6H3;3-6H,7-8H2,1-2H3,(H2,19,20,21,22,23,24). The van der Waals surface area contributed by atoms with Gasteiger partial charge in [-0.3, -0.25) is 14.9 Å². The molecule has 19 heteroatoms. The Balaban J connectivity index is 0.000000253. The first-order valence-electron chi connectivity index (χ1n) is 18.2. The lowest BCUT2D eigenvalue weighted by atomic mass is 9.91. The fourth-order valence-corrected chi connectivity index (χ4v) is 7.13. The number of hydrogen-bond acceptors (Lipinski definition) is 11. The van der Waals surface area contributed by atoms with Gasteiger partial charge in [0.25, 0.3) is 15.6 Å². The van der Waals surface area contributed by atoms with E-state index in [0.29, 0.717) is 37.7 Å². The molecule has 0 saturated carbocycles. The number of alkyl halides is 3. The summed E-state index contributed by atoms with van der Waals surface area (Å²) in [6.07, 6.45) is -4.60. The van der Waals surface area contributed by atoms with Crippen molar-refractivity contribution in [3.63, 3.8) is 0 Å². The molecule has 0 spiro atoms. The van der Waals surface area contributed by atoms with Gasteiger partial charge < -0.3 is 14.2 Å². The number of carbonyl (C=O) groups is 2. The van der Waals surface area contributed by atoms with Crippen molar-refractivity contribution < 1.29 is 45.4 Å². The third-order valence-corrected chi connectivity index (χ3v) is 10.1. The van der Waals surface area contributed by atoms with Crippen LogP contribution >= 0.6 is 0 Å². The van der Waals surface area contributed by atoms with Crippen LogP contribution in [0.2, 0.25) is 0 Å². The molecule has 3 heterocycles. The number of rotatable bonds is 10. The van der Waals surface area contributed by atoms with E-state index in [1.807, 2.05) is 20.8 Å². The van der Waals surface area contributed by atoms with Crippen molar-refractivity contribution in [2.24, 2.45) is 5.41 Å². The van der Waals surface area contributed by atoms with Gasteiger partial charge >= 0.3 is 24.2 Å². The summed E-state index contributed by atoms with van der Waals surface area (Å²) in [6.45, 7) is 15.0. The Bertz CT molecular complexity index is 2240. The number of urea groups is 1. The lowest BCUT2D eigenvalue weighted by Gasteiger charge is -2.19. The second kappa shape index (κ2) is 18.3. The highest BCUT2D eigenvalue weighted by Gasteiger charge is 2.32. The van der Waals surface area contributed by atoms with E-state index in [9.17, 15) is 36.0 Å². The summed E-state index contributed by atoms with van der Waals surface area (Å²) >= 11 is 0. The zero-order valence-electron chi connectivity index (χ0n) is 33.2. The number of carbonyl (C=O) groups excluding carboxylic acids is 2. The van der Waals surface area contributed by atoms with Crippen LogP contribution in [0.15, 0.2) is 46.1 Å². The Hall–Kier alpha value is -5.30. The van der Waals surface area contributed by atoms with Crippen molar-refractivity contribution in [2.45, 2.75) is 98.3 Å². The lowest BCUT2D eigenvalue weighted by Crippen LogP contribution is -2.35. The van der Waals surface area contributed by atoms with Crippen molar-refractivity contribution in [1.82, 2.24) is 29.0 Å². The summed E-state index contributed by atoms with van der Waals surface area (Å²) in [5.41, 5.74) is 3.91. The Labute approximate surface area is 329 Å². The van der Waals surface area contributed by atoms with E-state index in [2.05, 4.69) is 53.2 Å². The molecular formula is C38H48F3N7O8S. The van der Waals surface area contributed by atoms with Gasteiger partial charge in [0.05, 0.1) is 43.7 Å². The maximum absolute atomic E-state index is 13.5. The highest BCUT2D eigenvalue weighted by molar-refractivity contribution is 7.90. The van der Waals surface area contributed by atoms with Crippen molar-refractivity contribution in [3.05, 3.63) is 74.8 Å². The summed E-state index contributed by atoms with van der Waals surface area (Å²) in [4.78, 5) is 49.2. The van der Waals surface area contributed by atoms with Crippen LogP contribution in [0.3, 0.4) is 0 Å². The SMILES string of the molecule is CCc1cc(C)cc(CC)c1-c1c(OC(=O)C(C)(C)C)n2n(c1=O)CCOCC2.COc1nc(C)nc(NC(=O)NS(=O)(=O)c2ccccc2CCC(F)(F)F)n1. The van der Waals surface area contributed by atoms with Crippen LogP contribution in [0.4, 0.5) is 23.9 Å². The Kier molecular flexibility index (Phi) is 14.3. The molecule has 15 nitrogen and oxygen atoms in total. The Morgan fingerprint density at radius 3 is 2.11 bits per heavy atom. The molecule has 0 bridgehead atoms. The molecule has 57 heavy (non-hydrogen) atoms. The molecule has 2 N–H and O–H groups in total. The van der Waals surface area contributed by atoms with Gasteiger partial charge in [0.15, 0.2) is 0 Å². The fourth-order valence-electron chi connectivity index (χ4n) is 5.95. The van der Waals surface area contributed by atoms with Crippen molar-refractivity contribution in [3.8, 4) is 23.0 Å². The minimum Gasteiger partial charge on any atom is -0.467 e. The molecule has 1 aliphatic rings. The first kappa shape index (κ1) is 44.4. The maximum Gasteiger partial charge on any atom is 0.389 e. The molecule has 0 atom stereocenters. The quantitative estimate of drug-likeness (QED) is 0.181. The van der Waals surface area contributed by atoms with Crippen molar-refractivity contribution in [2.75, 3.05) is 25.6 Å². The number of benzene rings is 2. The summed E-state index contributed by atoms with van der Waals surface area (Å²) in [6, 6.07) is 8.06. The Morgan fingerprint density at radius 1 is 0.912 bits per heavy atom. The molecular weight excluding hydrogens is 772 g/mol. The molecule has 0 aliphatic carbocycles. The van der Waals surface area contributed by atoms with Crippen LogP contribution in [-0.2, 0) is 51.9 Å². The maximum atomic E-state index is 13.5. The first-order valence-corrected chi connectivity index (χ1v) is 19.7. The molecule has 5 rings (SSSR count). The minimum atomic E-state index is -4.45. The third kappa shape index (κ3) is 11.4. The van der Waals surface area contributed by atoms with Crippen LogP contribution in [-0.4, -0.2) is 71.2 Å². The summed E-state index contributed by atoms with van der Waals surface area (Å²) in [7, 11) is -3.14. The van der Waals surface area contributed by atoms with E-state index in [1.165, 1.54) is 37.8 Å². The van der Waals surface area contributed by atoms with Crippen LogP contribution in [0.1, 0.15) is 69.1 Å². The molecule has 2 aromatic carbocycles. The average molecular weight is 820 g/mol. The van der Waals surface area contributed by atoms with Crippen LogP contribution in [0.25, 0.3) is 11.1 Å². The Morgan fingerprint density at radius 2 is 1.53 bits per heavy atom. The van der Waals surface area contributed by atoms with Gasteiger partial charge in [-0.1, -0.05) is 49.7 Å². The second-order valence-corrected chi connectivity index (χ2v) is 15.8. The molecule has 0 radical (unpaired) electrons. The van der Waals surface area contributed by atoms with Gasteiger partial charge in [-0.05, 0) is 82.2 Å². The average Bonchev–Trinajstić information content (AvgIpc) is 3.25. The highest BCUT2D eigenvalue weighted by atomic mass is 32.2. The number of aryl methyl sites for hydroxylation is 5. The van der Waals surface area contributed by atoms with E-state index >= 15 is 0 Å². The number of nitrogens with one attached hydrogen (secondary N) is 2. The number of halogens is 3. The number of aromatic nitrogens is 5. The molecule has 2 aromatic heterocycles. The number of methoxy groups -OCH3 is 1. The number of sulfonamides is 1. The monoisotopic (exact) mass is 819 g/mol. The number of hydrogen-bond donors (Lipinski definition) is 2. The number of nitrogens with zero attached hydrogens (tertiary/aromatic N) is 5. The summed E-state index contributed by atoms with van der Waals surface area (Å²) in [5.74, 6) is -0.0633. The molecule has 1 aliphatic heterocycles. The molecule has 4 aromatic rings. The zero-order valence-corrected chi connectivity index (χ0v) is 34.0. The zero-order chi connectivity index (χ0) is 42.3. The van der Waals surface area contributed by atoms with E-state index in [1.54, 1.807) is 14.1 Å². The summed E-state index contributed by atoms with van der Waals surface area (Å²) < 4.78 is 83.7. The number of anilines is 1. The van der Waals surface area contributed by atoms with E-state index < -0.39 is 45.4 Å². The second-order valence-electron chi connectivity index (χ2n) is 14.1. The lowest BCUT2D eigenvalue weighted by molar-refractivity contribution is -0.143. The van der Waals surface area contributed by atoms with Gasteiger partial charge in [0, 0.05) is 6.42 Å². The largest absolute Gasteiger partial charge is 0.467 e. The van der Waals surface area contributed by atoms with Crippen LogP contribution in [0, 0.1) is 19.3 Å². The van der Waals surface area contributed by atoms with E-state index in [-0.39, 0.29) is 34.9 Å². The number of fused-ring (bicyclic) bond motifs is 1. The molecule has 0 fully saturated rings. The molecule has 0 saturated heterocycles. The van der Waals surface area contributed by atoms with Crippen LogP contribution in [0.5, 0.6) is 11.9 Å². The van der Waals surface area contributed by atoms with Gasteiger partial charge in [-0.2, -0.15) is 28.1 Å². The molecule has 310 valence electrons. The van der Waals surface area contributed by atoms with Gasteiger partial charge in [-0.25, -0.2) is 27.3 Å².